The first kappa shape index (κ1) is 16.1. The third kappa shape index (κ3) is 7.42. The van der Waals surface area contributed by atoms with E-state index in [4.69, 9.17) is 16.4 Å². The summed E-state index contributed by atoms with van der Waals surface area (Å²) in [7, 11) is 0. The minimum atomic E-state index is -0.0827. The van der Waals surface area contributed by atoms with Gasteiger partial charge in [-0.05, 0) is 31.9 Å². The van der Waals surface area contributed by atoms with Crippen molar-refractivity contribution in [3.8, 4) is 6.19 Å². The van der Waals surface area contributed by atoms with Gasteiger partial charge in [0.05, 0.1) is 21.3 Å². The van der Waals surface area contributed by atoms with Crippen molar-refractivity contribution in [2.45, 2.75) is 0 Å². The number of hydrogen-bond acceptors (Lipinski definition) is 5. The molecular formula is C8H10Br2N8. The number of H-pyrrole nitrogens is 1. The van der Waals surface area contributed by atoms with E-state index in [1.54, 1.807) is 24.8 Å². The van der Waals surface area contributed by atoms with Gasteiger partial charge in [-0.3, -0.25) is 10.5 Å². The lowest BCUT2D eigenvalue weighted by atomic mass is 10.7. The fourth-order valence-electron chi connectivity index (χ4n) is 0.668. The minimum Gasteiger partial charge on any atom is -0.368 e. The molecule has 0 radical (unpaired) electrons. The van der Waals surface area contributed by atoms with Gasteiger partial charge in [-0.15, -0.1) is 0 Å². The molecule has 0 atom stereocenters. The average Bonchev–Trinajstić information content (AvgIpc) is 2.91. The van der Waals surface area contributed by atoms with Gasteiger partial charge in [0.25, 0.3) is 0 Å². The smallest absolute Gasteiger partial charge is 0.213 e. The van der Waals surface area contributed by atoms with Gasteiger partial charge >= 0.3 is 0 Å². The molecule has 0 fully saturated rings. The van der Waals surface area contributed by atoms with Crippen LogP contribution in [0, 0.1) is 16.9 Å². The highest BCUT2D eigenvalue weighted by atomic mass is 79.9. The molecular weight excluding hydrogens is 368 g/mol. The molecule has 10 heteroatoms. The third-order valence-electron chi connectivity index (χ3n) is 1.26. The maximum Gasteiger partial charge on any atom is 0.213 e. The van der Waals surface area contributed by atoms with E-state index < -0.39 is 0 Å². The van der Waals surface area contributed by atoms with Gasteiger partial charge in [0.15, 0.2) is 6.19 Å². The standard InChI is InChI=1S/C4H5BrN4.C3H3BrN2.CH2N2/c5-3-1-8-9(2-3)4(6)7;4-3-1-5-6-2-3;2-1-3/h1-2H,(H3,6,7);1-2H,(H,5,6);2H2. The Kier molecular flexibility index (Phi) is 8.25. The largest absolute Gasteiger partial charge is 0.368 e. The van der Waals surface area contributed by atoms with E-state index in [0.29, 0.717) is 0 Å². The van der Waals surface area contributed by atoms with Crippen LogP contribution in [0.4, 0.5) is 0 Å². The van der Waals surface area contributed by atoms with E-state index in [-0.39, 0.29) is 5.96 Å². The molecule has 6 N–H and O–H groups in total. The van der Waals surface area contributed by atoms with Crippen LogP contribution in [0.25, 0.3) is 0 Å². The van der Waals surface area contributed by atoms with E-state index in [2.05, 4.69) is 52.9 Å². The predicted molar refractivity (Wildman–Crippen MR) is 73.3 cm³/mol. The number of nitrogens with one attached hydrogen (secondary N) is 2. The Bertz CT molecular complexity index is 497. The van der Waals surface area contributed by atoms with E-state index in [1.165, 1.54) is 10.9 Å². The van der Waals surface area contributed by atoms with Crippen LogP contribution in [0.15, 0.2) is 33.7 Å². The van der Waals surface area contributed by atoms with Crippen LogP contribution in [0.2, 0.25) is 0 Å². The monoisotopic (exact) mass is 376 g/mol. The van der Waals surface area contributed by atoms with Crippen LogP contribution < -0.4 is 11.5 Å². The number of nitrogens with two attached hydrogens (primary N) is 2. The fourth-order valence-corrected chi connectivity index (χ4v) is 1.16. The molecule has 2 rings (SSSR count). The molecule has 2 heterocycles. The summed E-state index contributed by atoms with van der Waals surface area (Å²) in [5.74, 6) is -0.0827. The zero-order chi connectivity index (χ0) is 14.0. The molecule has 0 saturated carbocycles. The zero-order valence-electron chi connectivity index (χ0n) is 9.01. The first-order chi connectivity index (χ1) is 8.51. The third-order valence-corrected chi connectivity index (χ3v) is 2.11. The van der Waals surface area contributed by atoms with Gasteiger partial charge in [0, 0.05) is 12.4 Å². The van der Waals surface area contributed by atoms with Crippen molar-refractivity contribution in [2.24, 2.45) is 11.5 Å². The highest BCUT2D eigenvalue weighted by Crippen LogP contribution is 2.04. The lowest BCUT2D eigenvalue weighted by Crippen LogP contribution is -2.20. The average molecular weight is 378 g/mol. The van der Waals surface area contributed by atoms with Gasteiger partial charge in [0.1, 0.15) is 0 Å². The first-order valence-electron chi connectivity index (χ1n) is 4.29. The van der Waals surface area contributed by atoms with Crippen molar-refractivity contribution in [3.63, 3.8) is 0 Å². The summed E-state index contributed by atoms with van der Waals surface area (Å²) in [6.07, 6.45) is 7.89. The molecule has 0 saturated heterocycles. The Morgan fingerprint density at radius 1 is 1.44 bits per heavy atom. The minimum absolute atomic E-state index is 0.0827. The van der Waals surface area contributed by atoms with Crippen LogP contribution in [-0.2, 0) is 0 Å². The Morgan fingerprint density at radius 2 is 2.06 bits per heavy atom. The Hall–Kier alpha value is -1.86. The molecule has 0 unspecified atom stereocenters. The highest BCUT2D eigenvalue weighted by Gasteiger charge is 1.94. The summed E-state index contributed by atoms with van der Waals surface area (Å²) >= 11 is 6.35. The molecule has 8 nitrogen and oxygen atoms in total. The van der Waals surface area contributed by atoms with Crippen molar-refractivity contribution in [2.75, 3.05) is 0 Å². The van der Waals surface area contributed by atoms with Gasteiger partial charge in [-0.2, -0.15) is 15.5 Å². The summed E-state index contributed by atoms with van der Waals surface area (Å²) in [4.78, 5) is 0. The molecule has 0 aliphatic rings. The maximum absolute atomic E-state index is 7.10. The number of nitrogen functional groups attached to an aromatic ring is 1. The summed E-state index contributed by atoms with van der Waals surface area (Å²) in [6.45, 7) is 0. The molecule has 0 aliphatic carbocycles. The number of halogens is 2. The highest BCUT2D eigenvalue weighted by molar-refractivity contribution is 9.10. The SMILES string of the molecule is Brc1cn[nH]c1.N#CN.N=C(N)n1cc(Br)cn1. The van der Waals surface area contributed by atoms with Crippen LogP contribution in [-0.4, -0.2) is 25.9 Å². The Balaban J connectivity index is 0.000000278. The van der Waals surface area contributed by atoms with Crippen LogP contribution in [0.1, 0.15) is 0 Å². The molecule has 0 bridgehead atoms. The van der Waals surface area contributed by atoms with Crippen molar-refractivity contribution in [1.82, 2.24) is 20.0 Å². The van der Waals surface area contributed by atoms with Crippen LogP contribution >= 0.6 is 31.9 Å². The number of aromatic amines is 1. The van der Waals surface area contributed by atoms with Crippen LogP contribution in [0.5, 0.6) is 0 Å². The fraction of sp³-hybridized carbons (Fsp3) is 0. The van der Waals surface area contributed by atoms with Crippen LogP contribution in [0.3, 0.4) is 0 Å². The first-order valence-corrected chi connectivity index (χ1v) is 5.88. The Labute approximate surface area is 120 Å². The van der Waals surface area contributed by atoms with Gasteiger partial charge in [-0.1, -0.05) is 0 Å². The second kappa shape index (κ2) is 9.20. The van der Waals surface area contributed by atoms with Gasteiger partial charge in [0.2, 0.25) is 5.96 Å². The molecule has 96 valence electrons. The molecule has 2 aromatic rings. The number of aromatic nitrogens is 4. The normalized spacial score (nSPS) is 8.06. The number of hydrogen-bond donors (Lipinski definition) is 4. The molecule has 0 spiro atoms. The molecule has 0 aromatic carbocycles. The number of nitrogens with zero attached hydrogens (tertiary/aromatic N) is 4. The zero-order valence-corrected chi connectivity index (χ0v) is 12.2. The Morgan fingerprint density at radius 3 is 2.22 bits per heavy atom. The molecule has 2 aromatic heterocycles. The van der Waals surface area contributed by atoms with Gasteiger partial charge in [-0.25, -0.2) is 4.68 Å². The number of nitriles is 1. The van der Waals surface area contributed by atoms with Crippen molar-refractivity contribution < 1.29 is 0 Å². The lowest BCUT2D eigenvalue weighted by Gasteiger charge is -1.91. The maximum atomic E-state index is 7.10. The van der Waals surface area contributed by atoms with Crippen molar-refractivity contribution in [1.29, 1.82) is 10.7 Å². The molecule has 0 aliphatic heterocycles. The van der Waals surface area contributed by atoms with Gasteiger partial charge < -0.3 is 11.5 Å². The lowest BCUT2D eigenvalue weighted by molar-refractivity contribution is 0.911. The van der Waals surface area contributed by atoms with Crippen molar-refractivity contribution >= 4 is 37.8 Å². The topological polar surface area (TPSA) is 146 Å². The van der Waals surface area contributed by atoms with Crippen molar-refractivity contribution in [3.05, 3.63) is 33.7 Å². The summed E-state index contributed by atoms with van der Waals surface area (Å²) in [5, 5.41) is 24.0. The van der Waals surface area contributed by atoms with E-state index in [9.17, 15) is 0 Å². The second-order valence-electron chi connectivity index (χ2n) is 2.53. The predicted octanol–water partition coefficient (Wildman–Crippen LogP) is 0.986. The quantitative estimate of drug-likeness (QED) is 0.234. The van der Waals surface area contributed by atoms with E-state index >= 15 is 0 Å². The molecule has 0 amide bonds. The summed E-state index contributed by atoms with van der Waals surface area (Å²) in [6, 6.07) is 0. The molecule has 18 heavy (non-hydrogen) atoms. The van der Waals surface area contributed by atoms with E-state index in [0.717, 1.165) is 8.95 Å². The van der Waals surface area contributed by atoms with E-state index in [1.807, 2.05) is 0 Å². The number of rotatable bonds is 0. The summed E-state index contributed by atoms with van der Waals surface area (Å²) < 4.78 is 3.07. The summed E-state index contributed by atoms with van der Waals surface area (Å²) in [5.41, 5.74) is 9.24. The second-order valence-corrected chi connectivity index (χ2v) is 4.37.